The average Bonchev–Trinajstić information content (AvgIpc) is 2.53. The first kappa shape index (κ1) is 16.3. The zero-order valence-corrected chi connectivity index (χ0v) is 12.3. The molecule has 0 bridgehead atoms. The number of nitrogens with one attached hydrogen (secondary N) is 1. The van der Waals surface area contributed by atoms with Gasteiger partial charge < -0.3 is 15.5 Å². The van der Waals surface area contributed by atoms with Gasteiger partial charge in [-0.2, -0.15) is 0 Å². The molecule has 0 aromatic heterocycles. The molecule has 23 heavy (non-hydrogen) atoms. The number of carboxylic acids is 1. The van der Waals surface area contributed by atoms with Gasteiger partial charge >= 0.3 is 5.97 Å². The Bertz CT molecular complexity index is 710. The molecule has 118 valence electrons. The fraction of sp³-hybridized carbons (Fsp3) is 0.111. The third kappa shape index (κ3) is 5.32. The van der Waals surface area contributed by atoms with Crippen LogP contribution in [-0.2, 0) is 16.0 Å². The van der Waals surface area contributed by atoms with Crippen molar-refractivity contribution in [2.45, 2.75) is 12.5 Å². The van der Waals surface area contributed by atoms with Gasteiger partial charge in [-0.1, -0.05) is 42.5 Å². The molecular formula is C18H17NO4. The van der Waals surface area contributed by atoms with Crippen LogP contribution in [0.5, 0.6) is 5.75 Å². The zero-order chi connectivity index (χ0) is 16.7. The van der Waals surface area contributed by atoms with E-state index >= 15 is 0 Å². The van der Waals surface area contributed by atoms with Gasteiger partial charge in [-0.15, -0.1) is 0 Å². The number of hydrogen-bond acceptors (Lipinski definition) is 3. The highest BCUT2D eigenvalue weighted by Gasteiger charge is 2.19. The van der Waals surface area contributed by atoms with E-state index in [-0.39, 0.29) is 12.2 Å². The van der Waals surface area contributed by atoms with Gasteiger partial charge in [0, 0.05) is 12.5 Å². The molecule has 0 fully saturated rings. The summed E-state index contributed by atoms with van der Waals surface area (Å²) in [5.74, 6) is -1.50. The topological polar surface area (TPSA) is 86.6 Å². The van der Waals surface area contributed by atoms with Crippen LogP contribution in [0.2, 0.25) is 0 Å². The van der Waals surface area contributed by atoms with Crippen molar-refractivity contribution in [3.63, 3.8) is 0 Å². The van der Waals surface area contributed by atoms with Gasteiger partial charge in [0.05, 0.1) is 0 Å². The SMILES string of the molecule is O=C(C=Cc1cccc(O)c1)NC(Cc1ccccc1)C(=O)O. The summed E-state index contributed by atoms with van der Waals surface area (Å²) in [6.45, 7) is 0. The highest BCUT2D eigenvalue weighted by atomic mass is 16.4. The predicted molar refractivity (Wildman–Crippen MR) is 86.9 cm³/mol. The van der Waals surface area contributed by atoms with Crippen molar-refractivity contribution in [1.82, 2.24) is 5.32 Å². The molecule has 5 nitrogen and oxygen atoms in total. The highest BCUT2D eigenvalue weighted by Crippen LogP contribution is 2.12. The van der Waals surface area contributed by atoms with Gasteiger partial charge in [0.2, 0.25) is 5.91 Å². The molecule has 5 heteroatoms. The summed E-state index contributed by atoms with van der Waals surface area (Å²) in [6, 6.07) is 14.5. The molecule has 1 unspecified atom stereocenters. The lowest BCUT2D eigenvalue weighted by Crippen LogP contribution is -2.41. The van der Waals surface area contributed by atoms with Crippen molar-refractivity contribution in [3.05, 3.63) is 71.8 Å². The standard InChI is InChI=1S/C18H17NO4/c20-15-8-4-7-14(11-15)9-10-17(21)19-16(18(22)23)12-13-5-2-1-3-6-13/h1-11,16,20H,12H2,(H,19,21)(H,22,23). The smallest absolute Gasteiger partial charge is 0.326 e. The van der Waals surface area contributed by atoms with Crippen LogP contribution in [0, 0.1) is 0 Å². The molecule has 0 aliphatic carbocycles. The molecular weight excluding hydrogens is 294 g/mol. The number of aliphatic carboxylic acids is 1. The number of hydrogen-bond donors (Lipinski definition) is 3. The van der Waals surface area contributed by atoms with Gasteiger partial charge in [-0.05, 0) is 29.3 Å². The van der Waals surface area contributed by atoms with E-state index in [1.807, 2.05) is 30.3 Å². The number of benzene rings is 2. The zero-order valence-electron chi connectivity index (χ0n) is 12.3. The second kappa shape index (κ2) is 7.79. The summed E-state index contributed by atoms with van der Waals surface area (Å²) < 4.78 is 0. The van der Waals surface area contributed by atoms with E-state index in [0.29, 0.717) is 5.56 Å². The quantitative estimate of drug-likeness (QED) is 0.714. The lowest BCUT2D eigenvalue weighted by atomic mass is 10.1. The molecule has 2 aromatic rings. The van der Waals surface area contributed by atoms with Crippen LogP contribution in [0.3, 0.4) is 0 Å². The Balaban J connectivity index is 1.99. The molecule has 0 heterocycles. The minimum Gasteiger partial charge on any atom is -0.508 e. The van der Waals surface area contributed by atoms with Crippen molar-refractivity contribution in [2.75, 3.05) is 0 Å². The van der Waals surface area contributed by atoms with E-state index < -0.39 is 17.9 Å². The van der Waals surface area contributed by atoms with Crippen LogP contribution >= 0.6 is 0 Å². The highest BCUT2D eigenvalue weighted by molar-refractivity contribution is 5.94. The number of phenolic OH excluding ortho intramolecular Hbond substituents is 1. The Hall–Kier alpha value is -3.08. The maximum absolute atomic E-state index is 11.9. The molecule has 0 aliphatic rings. The molecule has 3 N–H and O–H groups in total. The Morgan fingerprint density at radius 1 is 1.09 bits per heavy atom. The third-order valence-corrected chi connectivity index (χ3v) is 3.19. The van der Waals surface area contributed by atoms with Gasteiger partial charge in [0.15, 0.2) is 0 Å². The second-order valence-corrected chi connectivity index (χ2v) is 5.02. The van der Waals surface area contributed by atoms with Crippen molar-refractivity contribution >= 4 is 18.0 Å². The van der Waals surface area contributed by atoms with Gasteiger partial charge in [-0.3, -0.25) is 4.79 Å². The number of amides is 1. The summed E-state index contributed by atoms with van der Waals surface area (Å²) in [6.07, 6.45) is 2.97. The van der Waals surface area contributed by atoms with Crippen molar-refractivity contribution < 1.29 is 19.8 Å². The van der Waals surface area contributed by atoms with Crippen molar-refractivity contribution in [1.29, 1.82) is 0 Å². The Labute approximate surface area is 133 Å². The first-order chi connectivity index (χ1) is 11.0. The van der Waals surface area contributed by atoms with Crippen molar-refractivity contribution in [2.24, 2.45) is 0 Å². The van der Waals surface area contributed by atoms with E-state index in [0.717, 1.165) is 5.56 Å². The fourth-order valence-corrected chi connectivity index (χ4v) is 2.07. The monoisotopic (exact) mass is 311 g/mol. The first-order valence-corrected chi connectivity index (χ1v) is 7.09. The van der Waals surface area contributed by atoms with Gasteiger partial charge in [0.1, 0.15) is 11.8 Å². The van der Waals surface area contributed by atoms with E-state index in [4.69, 9.17) is 0 Å². The predicted octanol–water partition coefficient (Wildman–Crippen LogP) is 2.22. The first-order valence-electron chi connectivity index (χ1n) is 7.09. The summed E-state index contributed by atoms with van der Waals surface area (Å²) >= 11 is 0. The lowest BCUT2D eigenvalue weighted by Gasteiger charge is -2.13. The average molecular weight is 311 g/mol. The normalized spacial score (nSPS) is 12.0. The Morgan fingerprint density at radius 2 is 1.83 bits per heavy atom. The molecule has 0 radical (unpaired) electrons. The second-order valence-electron chi connectivity index (χ2n) is 5.02. The Morgan fingerprint density at radius 3 is 2.48 bits per heavy atom. The Kier molecular flexibility index (Phi) is 5.52. The van der Waals surface area contributed by atoms with Crippen LogP contribution in [0.15, 0.2) is 60.7 Å². The maximum Gasteiger partial charge on any atom is 0.326 e. The summed E-state index contributed by atoms with van der Waals surface area (Å²) in [5.41, 5.74) is 1.48. The number of phenols is 1. The van der Waals surface area contributed by atoms with Crippen LogP contribution in [0.25, 0.3) is 6.08 Å². The molecule has 2 aromatic carbocycles. The number of carboxylic acid groups (broad SMARTS) is 1. The van der Waals surface area contributed by atoms with E-state index in [9.17, 15) is 19.8 Å². The molecule has 0 saturated carbocycles. The molecule has 0 spiro atoms. The molecule has 0 saturated heterocycles. The lowest BCUT2D eigenvalue weighted by molar-refractivity contribution is -0.141. The van der Waals surface area contributed by atoms with E-state index in [1.165, 1.54) is 24.3 Å². The molecule has 0 aliphatic heterocycles. The van der Waals surface area contributed by atoms with Crippen molar-refractivity contribution in [3.8, 4) is 5.75 Å². The van der Waals surface area contributed by atoms with Crippen LogP contribution < -0.4 is 5.32 Å². The number of aromatic hydroxyl groups is 1. The third-order valence-electron chi connectivity index (χ3n) is 3.19. The number of rotatable bonds is 6. The molecule has 1 atom stereocenters. The van der Waals surface area contributed by atoms with E-state index in [1.54, 1.807) is 12.1 Å². The van der Waals surface area contributed by atoms with Crippen LogP contribution in [-0.4, -0.2) is 28.1 Å². The fourth-order valence-electron chi connectivity index (χ4n) is 2.07. The van der Waals surface area contributed by atoms with Gasteiger partial charge in [0.25, 0.3) is 0 Å². The van der Waals surface area contributed by atoms with Gasteiger partial charge in [-0.25, -0.2) is 4.79 Å². The maximum atomic E-state index is 11.9. The summed E-state index contributed by atoms with van der Waals surface area (Å²) in [7, 11) is 0. The minimum atomic E-state index is -1.09. The molecule has 1 amide bonds. The summed E-state index contributed by atoms with van der Waals surface area (Å²) in [4.78, 5) is 23.2. The number of carbonyl (C=O) groups excluding carboxylic acids is 1. The minimum absolute atomic E-state index is 0.0973. The van der Waals surface area contributed by atoms with Crippen LogP contribution in [0.4, 0.5) is 0 Å². The number of carbonyl (C=O) groups is 2. The summed E-state index contributed by atoms with van der Waals surface area (Å²) in [5, 5.41) is 21.0. The largest absolute Gasteiger partial charge is 0.508 e. The van der Waals surface area contributed by atoms with Crippen LogP contribution in [0.1, 0.15) is 11.1 Å². The van der Waals surface area contributed by atoms with E-state index in [2.05, 4.69) is 5.32 Å². The molecule has 2 rings (SSSR count).